The Bertz CT molecular complexity index is 904. The van der Waals surface area contributed by atoms with E-state index in [-0.39, 0.29) is 27.4 Å². The first-order valence-corrected chi connectivity index (χ1v) is 14.4. The maximum absolute atomic E-state index is 7.95. The molecule has 0 aliphatic rings. The number of nitrogens with zero attached hydrogens (tertiary/aromatic N) is 7. The minimum atomic E-state index is -1.26. The van der Waals surface area contributed by atoms with Crippen molar-refractivity contribution < 1.29 is 19.5 Å². The second-order valence-electron chi connectivity index (χ2n) is 8.97. The molecule has 0 N–H and O–H groups in total. The van der Waals surface area contributed by atoms with Gasteiger partial charge < -0.3 is 13.8 Å². The Labute approximate surface area is 214 Å². The van der Waals surface area contributed by atoms with Crippen molar-refractivity contribution in [2.24, 2.45) is 0 Å². The van der Waals surface area contributed by atoms with Gasteiger partial charge in [-0.1, -0.05) is 13.3 Å². The summed E-state index contributed by atoms with van der Waals surface area (Å²) in [6.45, 7) is 21.2. The van der Waals surface area contributed by atoms with Crippen LogP contribution in [0.15, 0.2) is 18.2 Å². The maximum atomic E-state index is 7.95. The predicted octanol–water partition coefficient (Wildman–Crippen LogP) is 4.58. The Hall–Kier alpha value is -1.76. The zero-order valence-electron chi connectivity index (χ0n) is 22.0. The zero-order chi connectivity index (χ0) is 24.4. The quantitative estimate of drug-likeness (QED) is 0.260. The minimum absolute atomic E-state index is 0. The SMILES string of the molecule is CCCCC#N.C[PH+](C)C.Cc1cc(C)n([BH-](n2nc(C)cc2C)n2nc(C)cc2C)n1.[Rh]. The molecule has 185 valence electrons. The molecular weight excluding hydrogens is 519 g/mol. The number of nitriles is 1. The van der Waals surface area contributed by atoms with Crippen LogP contribution in [-0.4, -0.2) is 56.2 Å². The molecule has 0 aliphatic carbocycles. The number of rotatable bonds is 5. The van der Waals surface area contributed by atoms with Crippen LogP contribution in [0.3, 0.4) is 0 Å². The number of hydrogen-bond acceptors (Lipinski definition) is 4. The fourth-order valence-corrected chi connectivity index (χ4v) is 3.52. The molecule has 0 saturated heterocycles. The van der Waals surface area contributed by atoms with E-state index in [2.05, 4.69) is 85.7 Å². The van der Waals surface area contributed by atoms with E-state index < -0.39 is 7.12 Å². The Balaban J connectivity index is 0.000000791. The average Bonchev–Trinajstić information content (AvgIpc) is 3.31. The molecular formula is C23H41BN7PRh. The number of aryl methyl sites for hydroxylation is 6. The molecule has 3 rings (SSSR count). The topological polar surface area (TPSA) is 77.2 Å². The summed E-state index contributed by atoms with van der Waals surface area (Å²) in [4.78, 5) is 0. The zero-order valence-corrected chi connectivity index (χ0v) is 24.7. The molecule has 0 spiro atoms. The van der Waals surface area contributed by atoms with E-state index in [9.17, 15) is 0 Å². The number of hydrogen-bond donors (Lipinski definition) is 0. The third kappa shape index (κ3) is 9.95. The molecule has 0 atom stereocenters. The summed E-state index contributed by atoms with van der Waals surface area (Å²) < 4.78 is 6.19. The molecule has 0 aliphatic heterocycles. The van der Waals surface area contributed by atoms with Crippen LogP contribution >= 0.6 is 7.92 Å². The predicted molar refractivity (Wildman–Crippen MR) is 140 cm³/mol. The van der Waals surface area contributed by atoms with Crippen molar-refractivity contribution in [3.05, 3.63) is 52.4 Å². The van der Waals surface area contributed by atoms with Gasteiger partial charge in [-0.05, 0) is 91.2 Å². The first-order chi connectivity index (χ1) is 15.0. The van der Waals surface area contributed by atoms with Crippen molar-refractivity contribution in [3.63, 3.8) is 0 Å². The summed E-state index contributed by atoms with van der Waals surface area (Å²) in [6.07, 6.45) is 2.90. The Morgan fingerprint density at radius 2 is 1.09 bits per heavy atom. The largest absolute Gasteiger partial charge is 0.400 e. The molecule has 3 aromatic rings. The molecule has 0 saturated carbocycles. The van der Waals surface area contributed by atoms with E-state index in [0.29, 0.717) is 0 Å². The van der Waals surface area contributed by atoms with Gasteiger partial charge in [0.1, 0.15) is 0 Å². The standard InChI is InChI=1S/C15H22BN6.C5H9N.C3H9P.Rh/c1-10-7-13(4)20(17-10)16(21-14(5)8-11(2)18-21)22-15(6)9-12(3)19-22;1-2-3-4-5-6;1-4(2)3;/h7-9,16H,1-6H3;2-4H2,1H3;1-3H3;/q-1;;;/p+1. The van der Waals surface area contributed by atoms with Gasteiger partial charge in [-0.3, -0.25) is 0 Å². The van der Waals surface area contributed by atoms with E-state index in [1.54, 1.807) is 0 Å². The van der Waals surface area contributed by atoms with Gasteiger partial charge >= 0.3 is 7.12 Å². The van der Waals surface area contributed by atoms with Gasteiger partial charge in [0.05, 0.1) is 23.2 Å². The van der Waals surface area contributed by atoms with Gasteiger partial charge in [-0.2, -0.15) is 5.26 Å². The molecule has 0 bridgehead atoms. The molecule has 3 aromatic heterocycles. The van der Waals surface area contributed by atoms with Crippen LogP contribution in [-0.2, 0) is 19.5 Å². The third-order valence-corrected chi connectivity index (χ3v) is 4.76. The van der Waals surface area contributed by atoms with Crippen LogP contribution in [0.4, 0.5) is 0 Å². The van der Waals surface area contributed by atoms with Gasteiger partial charge in [0.2, 0.25) is 0 Å². The molecule has 0 fully saturated rings. The number of aromatic nitrogens is 6. The van der Waals surface area contributed by atoms with E-state index in [1.807, 2.05) is 20.8 Å². The monoisotopic (exact) mass is 560 g/mol. The Kier molecular flexibility index (Phi) is 14.4. The van der Waals surface area contributed by atoms with Crippen LogP contribution in [0, 0.1) is 52.9 Å². The summed E-state index contributed by atoms with van der Waals surface area (Å²) in [5, 5.41) is 22.0. The Morgan fingerprint density at radius 1 is 0.788 bits per heavy atom. The average molecular weight is 560 g/mol. The first-order valence-electron chi connectivity index (χ1n) is 11.4. The molecule has 33 heavy (non-hydrogen) atoms. The second kappa shape index (κ2) is 15.2. The normalized spacial score (nSPS) is 10.2. The van der Waals surface area contributed by atoms with Gasteiger partial charge in [0.15, 0.2) is 0 Å². The van der Waals surface area contributed by atoms with Crippen molar-refractivity contribution in [2.75, 3.05) is 20.0 Å². The Morgan fingerprint density at radius 3 is 1.24 bits per heavy atom. The summed E-state index contributed by atoms with van der Waals surface area (Å²) >= 11 is 0. The number of unbranched alkanes of at least 4 members (excludes halogenated alkanes) is 2. The van der Waals surface area contributed by atoms with Gasteiger partial charge in [0.25, 0.3) is 0 Å². The van der Waals surface area contributed by atoms with Gasteiger partial charge in [-0.25, -0.2) is 15.3 Å². The van der Waals surface area contributed by atoms with Gasteiger partial charge in [-0.15, -0.1) is 0 Å². The van der Waals surface area contributed by atoms with Crippen LogP contribution in [0.25, 0.3) is 0 Å². The molecule has 3 heterocycles. The molecule has 0 amide bonds. The molecule has 10 heteroatoms. The molecule has 0 unspecified atom stereocenters. The summed E-state index contributed by atoms with van der Waals surface area (Å²) in [6, 6.07) is 8.35. The summed E-state index contributed by atoms with van der Waals surface area (Å²) in [5.41, 5.74) is 6.40. The summed E-state index contributed by atoms with van der Waals surface area (Å²) in [5.74, 6) is 0. The molecule has 0 aromatic carbocycles. The van der Waals surface area contributed by atoms with Crippen LogP contribution in [0.2, 0.25) is 0 Å². The minimum Gasteiger partial charge on any atom is -0.400 e. The van der Waals surface area contributed by atoms with E-state index >= 15 is 0 Å². The maximum Gasteiger partial charge on any atom is 0.326 e. The van der Waals surface area contributed by atoms with Crippen LogP contribution in [0.5, 0.6) is 0 Å². The van der Waals surface area contributed by atoms with Gasteiger partial charge in [0, 0.05) is 45.9 Å². The van der Waals surface area contributed by atoms with Crippen LogP contribution in [0.1, 0.15) is 60.3 Å². The first kappa shape index (κ1) is 31.2. The molecule has 1 radical (unpaired) electrons. The van der Waals surface area contributed by atoms with Crippen LogP contribution < -0.4 is 0 Å². The van der Waals surface area contributed by atoms with Crippen molar-refractivity contribution in [1.29, 1.82) is 5.26 Å². The second-order valence-corrected chi connectivity index (χ2v) is 12.0. The fourth-order valence-electron chi connectivity index (χ4n) is 3.52. The van der Waals surface area contributed by atoms with E-state index in [1.165, 1.54) is 0 Å². The van der Waals surface area contributed by atoms with E-state index in [0.717, 1.165) is 53.4 Å². The summed E-state index contributed by atoms with van der Waals surface area (Å²) in [7, 11) is -1.14. The van der Waals surface area contributed by atoms with E-state index in [4.69, 9.17) is 20.6 Å². The van der Waals surface area contributed by atoms with Crippen molar-refractivity contribution in [2.45, 2.75) is 67.7 Å². The van der Waals surface area contributed by atoms with Crippen molar-refractivity contribution >= 4 is 15.0 Å². The van der Waals surface area contributed by atoms with Crippen molar-refractivity contribution in [3.8, 4) is 6.07 Å². The van der Waals surface area contributed by atoms with Crippen molar-refractivity contribution in [1.82, 2.24) is 29.1 Å². The smallest absolute Gasteiger partial charge is 0.326 e. The fraction of sp³-hybridized carbons (Fsp3) is 0.565. The molecule has 7 nitrogen and oxygen atoms in total. The third-order valence-electron chi connectivity index (χ3n) is 4.76.